The zero-order valence-corrected chi connectivity index (χ0v) is 30.4. The van der Waals surface area contributed by atoms with Crippen LogP contribution in [0.5, 0.6) is 0 Å². The van der Waals surface area contributed by atoms with Crippen LogP contribution in [0.3, 0.4) is 0 Å². The molecule has 0 saturated heterocycles. The van der Waals surface area contributed by atoms with Crippen LogP contribution in [0, 0.1) is 0 Å². The maximum atomic E-state index is 2.55. The number of fused-ring (bicyclic) bond motifs is 14. The summed E-state index contributed by atoms with van der Waals surface area (Å²) in [5, 5.41) is 10.5. The number of aromatic nitrogens is 2. The molecular weight excluding hydrogens is 677 g/mol. The van der Waals surface area contributed by atoms with E-state index in [9.17, 15) is 0 Å². The number of para-hydroxylation sites is 2. The average Bonchev–Trinajstić information content (AvgIpc) is 4.00. The Kier molecular flexibility index (Phi) is 5.92. The molecule has 258 valence electrons. The van der Waals surface area contributed by atoms with E-state index < -0.39 is 0 Å². The van der Waals surface area contributed by atoms with E-state index in [1.807, 2.05) is 0 Å². The molecule has 56 heavy (non-hydrogen) atoms. The molecule has 0 spiro atoms. The van der Waals surface area contributed by atoms with Gasteiger partial charge in [0.1, 0.15) is 0 Å². The Balaban J connectivity index is 1.16. The lowest BCUT2D eigenvalue weighted by molar-refractivity contribution is 1.37. The second-order valence-corrected chi connectivity index (χ2v) is 15.3. The van der Waals surface area contributed by atoms with Crippen LogP contribution in [0.25, 0.3) is 121 Å². The van der Waals surface area contributed by atoms with Gasteiger partial charge in [-0.15, -0.1) is 0 Å². The van der Waals surface area contributed by atoms with Gasteiger partial charge in [-0.2, -0.15) is 0 Å². The van der Waals surface area contributed by atoms with Crippen LogP contribution in [0.15, 0.2) is 194 Å². The molecule has 0 aliphatic rings. The molecule has 0 amide bonds. The lowest BCUT2D eigenvalue weighted by Crippen LogP contribution is -1.83. The zero-order chi connectivity index (χ0) is 36.5. The minimum atomic E-state index is 1.22. The molecule has 4 heterocycles. The number of hydrogen-bond donors (Lipinski definition) is 0. The van der Waals surface area contributed by atoms with Crippen molar-refractivity contribution in [1.29, 1.82) is 0 Å². The molecule has 2 heteroatoms. The number of benzene rings is 9. The first-order valence-electron chi connectivity index (χ1n) is 19.4. The van der Waals surface area contributed by atoms with Gasteiger partial charge in [0.05, 0.1) is 33.1 Å². The maximum absolute atomic E-state index is 2.55. The molecule has 0 radical (unpaired) electrons. The number of hydrogen-bond acceptors (Lipinski definition) is 0. The molecule has 0 aliphatic carbocycles. The van der Waals surface area contributed by atoms with Gasteiger partial charge in [-0.25, -0.2) is 0 Å². The van der Waals surface area contributed by atoms with Crippen LogP contribution in [0.4, 0.5) is 0 Å². The third-order valence-electron chi connectivity index (χ3n) is 12.3. The van der Waals surface area contributed by atoms with Gasteiger partial charge < -0.3 is 8.80 Å². The van der Waals surface area contributed by atoms with Crippen molar-refractivity contribution in [1.82, 2.24) is 8.80 Å². The maximum Gasteiger partial charge on any atom is 0.0634 e. The summed E-state index contributed by atoms with van der Waals surface area (Å²) < 4.78 is 5.10. The SMILES string of the molecule is c1ccc(-c2cccc(-c3ccc4c(c3)c3c5c6ccccc6n6c7ccc(-c8cccc(-c9ccccc9)c8)cc7c(c7c8ccccc8n4c73)c56)c2)cc1. The summed E-state index contributed by atoms with van der Waals surface area (Å²) in [5.74, 6) is 0. The molecule has 2 nitrogen and oxygen atoms in total. The van der Waals surface area contributed by atoms with Gasteiger partial charge in [-0.05, 0) is 93.0 Å². The van der Waals surface area contributed by atoms with E-state index in [4.69, 9.17) is 0 Å². The van der Waals surface area contributed by atoms with Crippen LogP contribution >= 0.6 is 0 Å². The van der Waals surface area contributed by atoms with Gasteiger partial charge in [0.25, 0.3) is 0 Å². The highest BCUT2D eigenvalue weighted by molar-refractivity contribution is 6.45. The highest BCUT2D eigenvalue weighted by Crippen LogP contribution is 2.52. The van der Waals surface area contributed by atoms with Crippen molar-refractivity contribution in [3.05, 3.63) is 194 Å². The van der Waals surface area contributed by atoms with Gasteiger partial charge >= 0.3 is 0 Å². The molecule has 4 aromatic heterocycles. The lowest BCUT2D eigenvalue weighted by Gasteiger charge is -2.08. The quantitative estimate of drug-likeness (QED) is 0.172. The largest absolute Gasteiger partial charge is 0.308 e. The molecule has 9 aromatic carbocycles. The van der Waals surface area contributed by atoms with Crippen molar-refractivity contribution >= 4 is 76.2 Å². The minimum Gasteiger partial charge on any atom is -0.308 e. The zero-order valence-electron chi connectivity index (χ0n) is 30.4. The van der Waals surface area contributed by atoms with Gasteiger partial charge in [0.15, 0.2) is 0 Å². The highest BCUT2D eigenvalue weighted by atomic mass is 14.9. The average molecular weight is 709 g/mol. The van der Waals surface area contributed by atoms with Gasteiger partial charge in [-0.1, -0.05) is 146 Å². The van der Waals surface area contributed by atoms with Crippen molar-refractivity contribution < 1.29 is 0 Å². The predicted octanol–water partition coefficient (Wildman–Crippen LogP) is 14.7. The Morgan fingerprint density at radius 2 is 0.536 bits per heavy atom. The van der Waals surface area contributed by atoms with E-state index in [-0.39, 0.29) is 0 Å². The molecule has 0 unspecified atom stereocenters. The standard InChI is InChI=1S/C54H32N2/c1-3-13-33(14-4-1)35-17-11-19-37(29-35)39-25-27-47-43(31-39)51-49-41-21-7-10-24-46(41)56-48-28-26-40(38-20-12-18-36(30-38)34-15-5-2-6-16-34)32-44(48)52(54(49)56)50-42-22-8-9-23-45(42)55(47)53(50)51/h1-32H. The van der Waals surface area contributed by atoms with Crippen molar-refractivity contribution in [3.63, 3.8) is 0 Å². The molecule has 0 aliphatic heterocycles. The molecule has 13 rings (SSSR count). The fourth-order valence-corrected chi connectivity index (χ4v) is 9.96. The Morgan fingerprint density at radius 1 is 0.214 bits per heavy atom. The van der Waals surface area contributed by atoms with Crippen LogP contribution < -0.4 is 0 Å². The summed E-state index contributed by atoms with van der Waals surface area (Å²) >= 11 is 0. The second kappa shape index (κ2) is 11.1. The van der Waals surface area contributed by atoms with Gasteiger partial charge in [0, 0.05) is 43.1 Å². The Hall–Kier alpha value is -7.42. The Bertz CT molecular complexity index is 3430. The Morgan fingerprint density at radius 3 is 0.982 bits per heavy atom. The second-order valence-electron chi connectivity index (χ2n) is 15.3. The summed E-state index contributed by atoms with van der Waals surface area (Å²) in [6.45, 7) is 0. The summed E-state index contributed by atoms with van der Waals surface area (Å²) in [6, 6.07) is 71.6. The topological polar surface area (TPSA) is 8.82 Å². The first-order chi connectivity index (χ1) is 27.8. The minimum absolute atomic E-state index is 1.22. The fraction of sp³-hybridized carbons (Fsp3) is 0. The first-order valence-corrected chi connectivity index (χ1v) is 19.4. The molecular formula is C54H32N2. The van der Waals surface area contributed by atoms with E-state index in [0.29, 0.717) is 0 Å². The molecule has 0 fully saturated rings. The van der Waals surface area contributed by atoms with Gasteiger partial charge in [-0.3, -0.25) is 0 Å². The van der Waals surface area contributed by atoms with Crippen molar-refractivity contribution in [2.24, 2.45) is 0 Å². The van der Waals surface area contributed by atoms with E-state index in [1.165, 1.54) is 121 Å². The normalized spacial score (nSPS) is 12.3. The van der Waals surface area contributed by atoms with Crippen LogP contribution in [-0.2, 0) is 0 Å². The van der Waals surface area contributed by atoms with E-state index in [0.717, 1.165) is 0 Å². The van der Waals surface area contributed by atoms with Crippen molar-refractivity contribution in [2.45, 2.75) is 0 Å². The fourth-order valence-electron chi connectivity index (χ4n) is 9.96. The summed E-state index contributed by atoms with van der Waals surface area (Å²) in [7, 11) is 0. The molecule has 0 saturated carbocycles. The smallest absolute Gasteiger partial charge is 0.0634 e. The third-order valence-corrected chi connectivity index (χ3v) is 12.3. The van der Waals surface area contributed by atoms with Crippen LogP contribution in [-0.4, -0.2) is 8.80 Å². The summed E-state index contributed by atoms with van der Waals surface area (Å²) in [6.07, 6.45) is 0. The molecule has 0 N–H and O–H groups in total. The van der Waals surface area contributed by atoms with E-state index in [1.54, 1.807) is 0 Å². The highest BCUT2D eigenvalue weighted by Gasteiger charge is 2.28. The van der Waals surface area contributed by atoms with Crippen molar-refractivity contribution in [2.75, 3.05) is 0 Å². The van der Waals surface area contributed by atoms with Gasteiger partial charge in [0.2, 0.25) is 0 Å². The van der Waals surface area contributed by atoms with Crippen LogP contribution in [0.1, 0.15) is 0 Å². The monoisotopic (exact) mass is 708 g/mol. The predicted molar refractivity (Wildman–Crippen MR) is 238 cm³/mol. The number of rotatable bonds is 4. The van der Waals surface area contributed by atoms with E-state index in [2.05, 4.69) is 203 Å². The molecule has 13 aromatic rings. The third kappa shape index (κ3) is 3.95. The summed E-state index contributed by atoms with van der Waals surface area (Å²) in [4.78, 5) is 0. The van der Waals surface area contributed by atoms with E-state index >= 15 is 0 Å². The van der Waals surface area contributed by atoms with Crippen LogP contribution in [0.2, 0.25) is 0 Å². The van der Waals surface area contributed by atoms with Crippen molar-refractivity contribution in [3.8, 4) is 44.5 Å². The Labute approximate surface area is 322 Å². The molecule has 0 bridgehead atoms. The molecule has 0 atom stereocenters. The number of nitrogens with zero attached hydrogens (tertiary/aromatic N) is 2. The summed E-state index contributed by atoms with van der Waals surface area (Å²) in [5.41, 5.74) is 17.4. The lowest BCUT2D eigenvalue weighted by atomic mass is 9.94. The first kappa shape index (κ1) is 30.0.